The molecule has 10 heteroatoms. The number of ether oxygens (including phenoxy) is 2. The zero-order chi connectivity index (χ0) is 26.5. The van der Waals surface area contributed by atoms with E-state index in [9.17, 15) is 24.8 Å². The van der Waals surface area contributed by atoms with Crippen LogP contribution in [0, 0.1) is 10.1 Å². The molecule has 1 atom stereocenters. The Labute approximate surface area is 215 Å². The highest BCUT2D eigenvalue weighted by Gasteiger charge is 2.46. The van der Waals surface area contributed by atoms with E-state index in [2.05, 4.69) is 4.90 Å². The number of nitro benzene ring substituents is 1. The fourth-order valence-corrected chi connectivity index (χ4v) is 4.64. The predicted molar refractivity (Wildman–Crippen MR) is 136 cm³/mol. The fraction of sp³-hybridized carbons (Fsp3) is 0.407. The van der Waals surface area contributed by atoms with E-state index in [0.717, 1.165) is 19.6 Å². The topological polar surface area (TPSA) is 122 Å². The minimum atomic E-state index is -0.864. The van der Waals surface area contributed by atoms with E-state index in [1.807, 2.05) is 13.8 Å². The first-order chi connectivity index (χ1) is 17.8. The summed E-state index contributed by atoms with van der Waals surface area (Å²) in [4.78, 5) is 40.7. The molecule has 1 N–H and O–H groups in total. The molecule has 2 aromatic rings. The molecule has 0 aliphatic carbocycles. The third kappa shape index (κ3) is 5.98. The minimum absolute atomic E-state index is 0.0237. The summed E-state index contributed by atoms with van der Waals surface area (Å²) in [6.07, 6.45) is 0.599. The standard InChI is InChI=1S/C27H31N3O7/c1-18(2)37-22-10-6-20(7-11-22)25(31)23-24(19-4-8-21(9-5-19)30(34)35)29(27(33)26(23)32)13-3-12-28-14-16-36-17-15-28/h4-11,18,24,31H,3,12-17H2,1-2H3/b25-23+. The van der Waals surface area contributed by atoms with Gasteiger partial charge in [-0.15, -0.1) is 0 Å². The Hall–Kier alpha value is -3.76. The first-order valence-electron chi connectivity index (χ1n) is 12.4. The van der Waals surface area contributed by atoms with Crippen LogP contribution in [0.5, 0.6) is 5.75 Å². The van der Waals surface area contributed by atoms with Crippen LogP contribution in [0.2, 0.25) is 0 Å². The number of hydrogen-bond donors (Lipinski definition) is 1. The van der Waals surface area contributed by atoms with Gasteiger partial charge < -0.3 is 19.5 Å². The summed E-state index contributed by atoms with van der Waals surface area (Å²) in [5.41, 5.74) is 0.739. The number of nitrogens with zero attached hydrogens (tertiary/aromatic N) is 3. The van der Waals surface area contributed by atoms with E-state index in [4.69, 9.17) is 9.47 Å². The fourth-order valence-electron chi connectivity index (χ4n) is 4.64. The Morgan fingerprint density at radius 2 is 1.73 bits per heavy atom. The van der Waals surface area contributed by atoms with Crippen molar-refractivity contribution in [3.05, 3.63) is 75.3 Å². The number of aliphatic hydroxyl groups is 1. The zero-order valence-electron chi connectivity index (χ0n) is 21.0. The molecule has 2 aliphatic heterocycles. The maximum atomic E-state index is 13.2. The van der Waals surface area contributed by atoms with Gasteiger partial charge in [-0.1, -0.05) is 0 Å². The number of Topliss-reactive ketones (excluding diaryl/α,β-unsaturated/α-hetero) is 1. The lowest BCUT2D eigenvalue weighted by atomic mass is 9.95. The molecular formula is C27H31N3O7. The van der Waals surface area contributed by atoms with Gasteiger partial charge in [0.15, 0.2) is 0 Å². The quantitative estimate of drug-likeness (QED) is 0.179. The van der Waals surface area contributed by atoms with Crippen LogP contribution in [0.4, 0.5) is 5.69 Å². The number of carbonyl (C=O) groups is 2. The molecular weight excluding hydrogens is 478 g/mol. The van der Waals surface area contributed by atoms with Crippen molar-refractivity contribution >= 4 is 23.1 Å². The predicted octanol–water partition coefficient (Wildman–Crippen LogP) is 3.53. The Kier molecular flexibility index (Phi) is 8.20. The lowest BCUT2D eigenvalue weighted by Gasteiger charge is -2.29. The van der Waals surface area contributed by atoms with E-state index in [0.29, 0.717) is 43.1 Å². The number of ketones is 1. The van der Waals surface area contributed by atoms with E-state index < -0.39 is 22.7 Å². The molecule has 10 nitrogen and oxygen atoms in total. The van der Waals surface area contributed by atoms with Gasteiger partial charge in [0, 0.05) is 43.9 Å². The van der Waals surface area contributed by atoms with Crippen molar-refractivity contribution in [3.63, 3.8) is 0 Å². The normalized spacial score (nSPS) is 20.0. The van der Waals surface area contributed by atoms with Gasteiger partial charge in [0.2, 0.25) is 0 Å². The zero-order valence-corrected chi connectivity index (χ0v) is 21.0. The van der Waals surface area contributed by atoms with Gasteiger partial charge in [0.1, 0.15) is 11.5 Å². The molecule has 4 rings (SSSR count). The molecule has 2 saturated heterocycles. The van der Waals surface area contributed by atoms with Crippen molar-refractivity contribution in [2.45, 2.75) is 32.4 Å². The summed E-state index contributed by atoms with van der Waals surface area (Å²) in [6, 6.07) is 11.5. The van der Waals surface area contributed by atoms with Gasteiger partial charge >= 0.3 is 0 Å². The van der Waals surface area contributed by atoms with E-state index in [-0.39, 0.29) is 23.1 Å². The third-order valence-electron chi connectivity index (χ3n) is 6.44. The van der Waals surface area contributed by atoms with Crippen molar-refractivity contribution < 1.29 is 29.1 Å². The van der Waals surface area contributed by atoms with Crippen LogP contribution in [0.25, 0.3) is 5.76 Å². The number of non-ortho nitro benzene ring substituents is 1. The average Bonchev–Trinajstić information content (AvgIpc) is 3.14. The number of amides is 1. The second kappa shape index (κ2) is 11.5. The van der Waals surface area contributed by atoms with E-state index in [1.165, 1.54) is 29.2 Å². The van der Waals surface area contributed by atoms with Crippen LogP contribution >= 0.6 is 0 Å². The molecule has 196 valence electrons. The number of nitro groups is 1. The first-order valence-corrected chi connectivity index (χ1v) is 12.4. The van der Waals surface area contributed by atoms with Gasteiger partial charge in [-0.05, 0) is 62.2 Å². The summed E-state index contributed by atoms with van der Waals surface area (Å²) in [5.74, 6) is -1.17. The highest BCUT2D eigenvalue weighted by Crippen LogP contribution is 2.40. The molecule has 2 heterocycles. The van der Waals surface area contributed by atoms with Crippen molar-refractivity contribution in [1.82, 2.24) is 9.80 Å². The molecule has 2 aliphatic rings. The summed E-state index contributed by atoms with van der Waals surface area (Å²) in [5, 5.41) is 22.4. The van der Waals surface area contributed by atoms with Crippen LogP contribution in [0.3, 0.4) is 0 Å². The number of likely N-dealkylation sites (tertiary alicyclic amines) is 1. The van der Waals surface area contributed by atoms with Crippen LogP contribution in [-0.2, 0) is 14.3 Å². The molecule has 0 spiro atoms. The van der Waals surface area contributed by atoms with Crippen LogP contribution in [-0.4, -0.2) is 77.0 Å². The molecule has 0 radical (unpaired) electrons. The largest absolute Gasteiger partial charge is 0.507 e. The van der Waals surface area contributed by atoms with Crippen molar-refractivity contribution in [2.75, 3.05) is 39.4 Å². The van der Waals surface area contributed by atoms with E-state index in [1.54, 1.807) is 24.3 Å². The van der Waals surface area contributed by atoms with Gasteiger partial charge in [-0.25, -0.2) is 0 Å². The number of benzene rings is 2. The maximum absolute atomic E-state index is 13.2. The highest BCUT2D eigenvalue weighted by molar-refractivity contribution is 6.46. The molecule has 37 heavy (non-hydrogen) atoms. The Morgan fingerprint density at radius 3 is 2.32 bits per heavy atom. The molecule has 0 bridgehead atoms. The van der Waals surface area contributed by atoms with Gasteiger partial charge in [0.05, 0.1) is 35.9 Å². The number of morpholine rings is 1. The summed E-state index contributed by atoms with van der Waals surface area (Å²) in [7, 11) is 0. The third-order valence-corrected chi connectivity index (χ3v) is 6.44. The first kappa shape index (κ1) is 26.3. The maximum Gasteiger partial charge on any atom is 0.295 e. The molecule has 1 unspecified atom stereocenters. The second-order valence-corrected chi connectivity index (χ2v) is 9.34. The Morgan fingerprint density at radius 1 is 1.08 bits per heavy atom. The smallest absolute Gasteiger partial charge is 0.295 e. The Balaban J connectivity index is 1.66. The summed E-state index contributed by atoms with van der Waals surface area (Å²) < 4.78 is 11.0. The lowest BCUT2D eigenvalue weighted by Crippen LogP contribution is -2.38. The number of hydrogen-bond acceptors (Lipinski definition) is 8. The lowest BCUT2D eigenvalue weighted by molar-refractivity contribution is -0.384. The molecule has 0 saturated carbocycles. The molecule has 1 amide bonds. The van der Waals surface area contributed by atoms with Gasteiger partial charge in [-0.3, -0.25) is 24.6 Å². The summed E-state index contributed by atoms with van der Waals surface area (Å²) in [6.45, 7) is 7.76. The molecule has 2 fully saturated rings. The van der Waals surface area contributed by atoms with Crippen LogP contribution < -0.4 is 4.74 Å². The number of aliphatic hydroxyl groups excluding tert-OH is 1. The molecule has 2 aromatic carbocycles. The number of carbonyl (C=O) groups excluding carboxylic acids is 2. The van der Waals surface area contributed by atoms with E-state index >= 15 is 0 Å². The van der Waals surface area contributed by atoms with Crippen LogP contribution in [0.1, 0.15) is 37.4 Å². The average molecular weight is 510 g/mol. The van der Waals surface area contributed by atoms with Crippen molar-refractivity contribution in [2.24, 2.45) is 0 Å². The van der Waals surface area contributed by atoms with Crippen LogP contribution in [0.15, 0.2) is 54.1 Å². The second-order valence-electron chi connectivity index (χ2n) is 9.34. The highest BCUT2D eigenvalue weighted by atomic mass is 16.6. The number of rotatable bonds is 9. The Bertz CT molecular complexity index is 1170. The van der Waals surface area contributed by atoms with Crippen molar-refractivity contribution in [3.8, 4) is 5.75 Å². The summed E-state index contributed by atoms with van der Waals surface area (Å²) >= 11 is 0. The molecule has 0 aromatic heterocycles. The van der Waals surface area contributed by atoms with Gasteiger partial charge in [-0.2, -0.15) is 0 Å². The van der Waals surface area contributed by atoms with Gasteiger partial charge in [0.25, 0.3) is 17.4 Å². The monoisotopic (exact) mass is 509 g/mol. The SMILES string of the molecule is CC(C)Oc1ccc(/C(O)=C2\C(=O)C(=O)N(CCCN3CCOCC3)C2c2ccc([N+](=O)[O-])cc2)cc1. The van der Waals surface area contributed by atoms with Crippen molar-refractivity contribution in [1.29, 1.82) is 0 Å². The minimum Gasteiger partial charge on any atom is -0.507 e.